The summed E-state index contributed by atoms with van der Waals surface area (Å²) < 4.78 is 25.0. The Morgan fingerprint density at radius 1 is 1.38 bits per heavy atom. The Morgan fingerprint density at radius 2 is 2.06 bits per heavy atom. The molecule has 94 valence electrons. The number of hydrogen-bond acceptors (Lipinski definition) is 4. The molecule has 1 heterocycles. The highest BCUT2D eigenvalue weighted by atomic mass is 32.2. The van der Waals surface area contributed by atoms with Crippen LogP contribution in [-0.2, 0) is 14.8 Å². The molecule has 7 heteroatoms. The first-order valence-corrected chi connectivity index (χ1v) is 7.00. The average Bonchev–Trinajstić information content (AvgIpc) is 2.39. The minimum absolute atomic E-state index is 0.0283. The molecule has 0 unspecified atom stereocenters. The van der Waals surface area contributed by atoms with E-state index in [4.69, 9.17) is 5.73 Å². The van der Waals surface area contributed by atoms with Crippen molar-refractivity contribution in [2.45, 2.75) is 12.8 Å². The first kappa shape index (κ1) is 13.4. The Balaban J connectivity index is 2.68. The number of nitrogens with two attached hydrogens (primary N) is 1. The molecule has 1 saturated heterocycles. The van der Waals surface area contributed by atoms with Crippen LogP contribution in [0.2, 0.25) is 0 Å². The third-order valence-corrected chi connectivity index (χ3v) is 4.54. The fraction of sp³-hybridized carbons (Fsp3) is 0.889. The van der Waals surface area contributed by atoms with Gasteiger partial charge in [0.1, 0.15) is 0 Å². The monoisotopic (exact) mass is 249 g/mol. The van der Waals surface area contributed by atoms with Gasteiger partial charge >= 0.3 is 0 Å². The quantitative estimate of drug-likeness (QED) is 0.680. The van der Waals surface area contributed by atoms with E-state index in [2.05, 4.69) is 0 Å². The Bertz CT molecular complexity index is 342. The van der Waals surface area contributed by atoms with Crippen LogP contribution >= 0.6 is 0 Å². The summed E-state index contributed by atoms with van der Waals surface area (Å²) in [4.78, 5) is 13.1. The number of likely N-dealkylation sites (N-methyl/N-ethyl adjacent to an activating group) is 1. The van der Waals surface area contributed by atoms with Crippen LogP contribution in [0, 0.1) is 0 Å². The highest BCUT2D eigenvalue weighted by Crippen LogP contribution is 2.09. The first-order chi connectivity index (χ1) is 7.47. The third kappa shape index (κ3) is 3.43. The lowest BCUT2D eigenvalue weighted by molar-refractivity contribution is -0.129. The Kier molecular flexibility index (Phi) is 4.69. The summed E-state index contributed by atoms with van der Waals surface area (Å²) in [6.45, 7) is 1.34. The number of rotatable bonds is 4. The molecule has 1 amide bonds. The van der Waals surface area contributed by atoms with Crippen LogP contribution in [0.25, 0.3) is 0 Å². The summed E-state index contributed by atoms with van der Waals surface area (Å²) in [5, 5.41) is 0. The van der Waals surface area contributed by atoms with Crippen LogP contribution in [0.5, 0.6) is 0 Å². The van der Waals surface area contributed by atoms with Crippen LogP contribution in [0.3, 0.4) is 0 Å². The van der Waals surface area contributed by atoms with E-state index < -0.39 is 10.0 Å². The van der Waals surface area contributed by atoms with Gasteiger partial charge in [0.05, 0.1) is 12.3 Å². The van der Waals surface area contributed by atoms with Crippen molar-refractivity contribution in [1.29, 1.82) is 0 Å². The normalized spacial score (nSPS) is 19.9. The molecule has 0 bridgehead atoms. The molecule has 0 aromatic carbocycles. The molecule has 0 radical (unpaired) electrons. The predicted molar refractivity (Wildman–Crippen MR) is 61.3 cm³/mol. The van der Waals surface area contributed by atoms with E-state index in [9.17, 15) is 13.2 Å². The zero-order chi connectivity index (χ0) is 12.2. The van der Waals surface area contributed by atoms with Crippen LogP contribution in [-0.4, -0.2) is 62.5 Å². The fourth-order valence-corrected chi connectivity index (χ4v) is 3.10. The highest BCUT2D eigenvalue weighted by Gasteiger charge is 2.27. The number of carbonyl (C=O) groups excluding carboxylic acids is 1. The number of nitrogens with zero attached hydrogens (tertiary/aromatic N) is 2. The molecule has 1 rings (SSSR count). The fourth-order valence-electron chi connectivity index (χ4n) is 1.59. The molecule has 0 aromatic rings. The van der Waals surface area contributed by atoms with Crippen molar-refractivity contribution in [3.05, 3.63) is 0 Å². The molecule has 1 aliphatic rings. The summed E-state index contributed by atoms with van der Waals surface area (Å²) >= 11 is 0. The van der Waals surface area contributed by atoms with E-state index in [1.54, 1.807) is 11.9 Å². The first-order valence-electron chi connectivity index (χ1n) is 5.39. The minimum Gasteiger partial charge on any atom is -0.345 e. The molecule has 1 aliphatic heterocycles. The molecule has 2 N–H and O–H groups in total. The number of amides is 1. The van der Waals surface area contributed by atoms with Gasteiger partial charge in [-0.1, -0.05) is 0 Å². The van der Waals surface area contributed by atoms with Crippen LogP contribution in [0.4, 0.5) is 0 Å². The van der Waals surface area contributed by atoms with E-state index in [0.717, 1.165) is 0 Å². The van der Waals surface area contributed by atoms with Crippen molar-refractivity contribution in [2.24, 2.45) is 5.73 Å². The van der Waals surface area contributed by atoms with E-state index in [1.807, 2.05) is 0 Å². The minimum atomic E-state index is -3.32. The molecule has 16 heavy (non-hydrogen) atoms. The lowest BCUT2D eigenvalue weighted by Gasteiger charge is -2.19. The Hall–Kier alpha value is -0.660. The van der Waals surface area contributed by atoms with Crippen molar-refractivity contribution < 1.29 is 13.2 Å². The van der Waals surface area contributed by atoms with Gasteiger partial charge in [-0.3, -0.25) is 4.79 Å². The Labute approximate surface area is 96.4 Å². The summed E-state index contributed by atoms with van der Waals surface area (Å²) in [5.74, 6) is -0.116. The van der Waals surface area contributed by atoms with Crippen LogP contribution < -0.4 is 5.73 Å². The summed E-state index contributed by atoms with van der Waals surface area (Å²) in [6.07, 6.45) is 1.12. The van der Waals surface area contributed by atoms with Crippen LogP contribution in [0.15, 0.2) is 0 Å². The molecule has 0 saturated carbocycles. The molecule has 0 atom stereocenters. The third-order valence-electron chi connectivity index (χ3n) is 2.64. The van der Waals surface area contributed by atoms with Gasteiger partial charge in [0.2, 0.25) is 15.9 Å². The molecule has 0 aliphatic carbocycles. The summed E-state index contributed by atoms with van der Waals surface area (Å²) in [6, 6.07) is 0. The van der Waals surface area contributed by atoms with Gasteiger partial charge in [0.25, 0.3) is 0 Å². The maximum atomic E-state index is 11.8. The second kappa shape index (κ2) is 5.60. The van der Waals surface area contributed by atoms with E-state index >= 15 is 0 Å². The standard InChI is InChI=1S/C9H19N3O3S/c1-11-5-3-6-12(8-9(11)13)16(14,15)7-2-4-10/h2-8,10H2,1H3. The number of carbonyl (C=O) groups is 1. The maximum Gasteiger partial charge on any atom is 0.237 e. The average molecular weight is 249 g/mol. The zero-order valence-electron chi connectivity index (χ0n) is 9.55. The van der Waals surface area contributed by atoms with E-state index in [0.29, 0.717) is 32.5 Å². The molecule has 0 aromatic heterocycles. The second-order valence-electron chi connectivity index (χ2n) is 3.96. The van der Waals surface area contributed by atoms with Gasteiger partial charge in [-0.2, -0.15) is 4.31 Å². The smallest absolute Gasteiger partial charge is 0.237 e. The lowest BCUT2D eigenvalue weighted by atomic mass is 10.4. The van der Waals surface area contributed by atoms with Crippen molar-refractivity contribution in [3.8, 4) is 0 Å². The molecule has 1 fully saturated rings. The molecule has 6 nitrogen and oxygen atoms in total. The number of hydrogen-bond donors (Lipinski definition) is 1. The molecule has 0 spiro atoms. The van der Waals surface area contributed by atoms with Gasteiger partial charge < -0.3 is 10.6 Å². The molecular weight excluding hydrogens is 230 g/mol. The topological polar surface area (TPSA) is 83.7 Å². The van der Waals surface area contributed by atoms with Crippen molar-refractivity contribution in [1.82, 2.24) is 9.21 Å². The maximum absolute atomic E-state index is 11.8. The Morgan fingerprint density at radius 3 is 2.69 bits per heavy atom. The predicted octanol–water partition coefficient (Wildman–Crippen LogP) is -1.17. The zero-order valence-corrected chi connectivity index (χ0v) is 10.4. The van der Waals surface area contributed by atoms with Gasteiger partial charge in [-0.15, -0.1) is 0 Å². The summed E-state index contributed by atoms with van der Waals surface area (Å²) in [5.41, 5.74) is 5.29. The lowest BCUT2D eigenvalue weighted by Crippen LogP contribution is -2.39. The van der Waals surface area contributed by atoms with Crippen molar-refractivity contribution in [3.63, 3.8) is 0 Å². The van der Waals surface area contributed by atoms with E-state index in [-0.39, 0.29) is 18.2 Å². The van der Waals surface area contributed by atoms with Gasteiger partial charge in [-0.25, -0.2) is 8.42 Å². The van der Waals surface area contributed by atoms with Crippen LogP contribution in [0.1, 0.15) is 12.8 Å². The van der Waals surface area contributed by atoms with Gasteiger partial charge in [-0.05, 0) is 19.4 Å². The SMILES string of the molecule is CN1CCCN(S(=O)(=O)CCCN)CC1=O. The van der Waals surface area contributed by atoms with Gasteiger partial charge in [0, 0.05) is 20.1 Å². The largest absolute Gasteiger partial charge is 0.345 e. The summed E-state index contributed by atoms with van der Waals surface area (Å²) in [7, 11) is -1.63. The highest BCUT2D eigenvalue weighted by molar-refractivity contribution is 7.89. The van der Waals surface area contributed by atoms with Gasteiger partial charge in [0.15, 0.2) is 0 Å². The van der Waals surface area contributed by atoms with E-state index in [1.165, 1.54) is 4.31 Å². The molecular formula is C9H19N3O3S. The van der Waals surface area contributed by atoms with Crippen molar-refractivity contribution >= 4 is 15.9 Å². The van der Waals surface area contributed by atoms with Crippen molar-refractivity contribution in [2.75, 3.05) is 39.0 Å². The number of sulfonamides is 1. The second-order valence-corrected chi connectivity index (χ2v) is 6.05.